The van der Waals surface area contributed by atoms with Crippen LogP contribution in [0.5, 0.6) is 17.2 Å². The number of rotatable bonds is 8. The fourth-order valence-corrected chi connectivity index (χ4v) is 3.83. The highest BCUT2D eigenvalue weighted by molar-refractivity contribution is 7.14. The van der Waals surface area contributed by atoms with Gasteiger partial charge in [0.05, 0.1) is 19.2 Å². The van der Waals surface area contributed by atoms with Crippen molar-refractivity contribution in [1.29, 1.82) is 0 Å². The maximum absolute atomic E-state index is 12.4. The Morgan fingerprint density at radius 1 is 1.16 bits per heavy atom. The molecule has 2 amide bonds. The van der Waals surface area contributed by atoms with Crippen molar-refractivity contribution < 1.29 is 23.8 Å². The maximum Gasteiger partial charge on any atom is 0.257 e. The van der Waals surface area contributed by atoms with Gasteiger partial charge >= 0.3 is 0 Å². The summed E-state index contributed by atoms with van der Waals surface area (Å²) < 4.78 is 15.9. The molecule has 0 saturated carbocycles. The van der Waals surface area contributed by atoms with Crippen LogP contribution in [-0.2, 0) is 17.6 Å². The lowest BCUT2D eigenvalue weighted by Crippen LogP contribution is -2.27. The molecule has 160 valence electrons. The van der Waals surface area contributed by atoms with Crippen molar-refractivity contribution in [3.63, 3.8) is 0 Å². The Morgan fingerprint density at radius 3 is 2.87 bits per heavy atom. The number of nitrogens with one attached hydrogen (secondary N) is 2. The van der Waals surface area contributed by atoms with E-state index in [0.29, 0.717) is 40.9 Å². The largest absolute Gasteiger partial charge is 0.496 e. The predicted molar refractivity (Wildman–Crippen MR) is 116 cm³/mol. The number of thiazole rings is 1. The number of nitrogens with zero attached hydrogens (tertiary/aromatic N) is 1. The van der Waals surface area contributed by atoms with Gasteiger partial charge in [-0.15, -0.1) is 11.3 Å². The first-order valence-corrected chi connectivity index (χ1v) is 10.5. The Hall–Kier alpha value is -3.59. The van der Waals surface area contributed by atoms with Gasteiger partial charge in [0.15, 0.2) is 16.6 Å². The van der Waals surface area contributed by atoms with E-state index in [9.17, 15) is 9.59 Å². The molecule has 0 spiro atoms. The lowest BCUT2D eigenvalue weighted by Gasteiger charge is -2.08. The van der Waals surface area contributed by atoms with E-state index in [1.807, 2.05) is 24.3 Å². The first-order chi connectivity index (χ1) is 15.1. The minimum absolute atomic E-state index is 0.131. The van der Waals surface area contributed by atoms with Crippen LogP contribution in [-0.4, -0.2) is 37.2 Å². The Kier molecular flexibility index (Phi) is 6.32. The summed E-state index contributed by atoms with van der Waals surface area (Å²) in [5.41, 5.74) is 2.07. The van der Waals surface area contributed by atoms with Gasteiger partial charge in [0.1, 0.15) is 5.75 Å². The summed E-state index contributed by atoms with van der Waals surface area (Å²) in [7, 11) is 1.63. The molecule has 0 unspecified atom stereocenters. The molecule has 2 aromatic carbocycles. The van der Waals surface area contributed by atoms with Crippen molar-refractivity contribution in [2.45, 2.75) is 12.8 Å². The van der Waals surface area contributed by atoms with Gasteiger partial charge in [-0.1, -0.05) is 18.2 Å². The maximum atomic E-state index is 12.4. The van der Waals surface area contributed by atoms with E-state index in [1.165, 1.54) is 11.3 Å². The number of para-hydroxylation sites is 1. The van der Waals surface area contributed by atoms with Crippen LogP contribution >= 0.6 is 11.3 Å². The van der Waals surface area contributed by atoms with Crippen molar-refractivity contribution >= 4 is 28.3 Å². The third-order valence-corrected chi connectivity index (χ3v) is 5.46. The number of carbonyl (C=O) groups is 2. The Balaban J connectivity index is 1.26. The minimum atomic E-state index is -0.305. The summed E-state index contributed by atoms with van der Waals surface area (Å²) in [5, 5.41) is 7.82. The van der Waals surface area contributed by atoms with Crippen molar-refractivity contribution in [3.05, 3.63) is 64.7 Å². The quantitative estimate of drug-likeness (QED) is 0.560. The molecule has 1 aliphatic heterocycles. The molecule has 1 aromatic heterocycles. The third-order valence-electron chi connectivity index (χ3n) is 4.66. The molecule has 0 fully saturated rings. The monoisotopic (exact) mass is 439 g/mol. The van der Waals surface area contributed by atoms with E-state index in [2.05, 4.69) is 15.6 Å². The average molecular weight is 439 g/mol. The van der Waals surface area contributed by atoms with Crippen LogP contribution in [0.15, 0.2) is 47.8 Å². The SMILES string of the molecule is COc1ccccc1CCNC(=O)Cc1csc(NC(=O)c2ccc3c(c2)OCO3)n1. The molecule has 0 saturated heterocycles. The van der Waals surface area contributed by atoms with Gasteiger partial charge < -0.3 is 19.5 Å². The van der Waals surface area contributed by atoms with Crippen molar-refractivity contribution in [2.75, 3.05) is 25.8 Å². The van der Waals surface area contributed by atoms with Gasteiger partial charge in [0.25, 0.3) is 5.91 Å². The van der Waals surface area contributed by atoms with Crippen molar-refractivity contribution in [3.8, 4) is 17.2 Å². The highest BCUT2D eigenvalue weighted by atomic mass is 32.1. The summed E-state index contributed by atoms with van der Waals surface area (Å²) in [5.74, 6) is 1.52. The highest BCUT2D eigenvalue weighted by Crippen LogP contribution is 2.32. The minimum Gasteiger partial charge on any atom is -0.496 e. The molecule has 0 radical (unpaired) electrons. The van der Waals surface area contributed by atoms with Crippen LogP contribution in [0.4, 0.5) is 5.13 Å². The second-order valence-electron chi connectivity index (χ2n) is 6.75. The summed E-state index contributed by atoms with van der Waals surface area (Å²) in [4.78, 5) is 29.0. The fourth-order valence-electron chi connectivity index (χ4n) is 3.13. The molecule has 8 nitrogen and oxygen atoms in total. The number of hydrogen-bond acceptors (Lipinski definition) is 7. The number of aromatic nitrogens is 1. The highest BCUT2D eigenvalue weighted by Gasteiger charge is 2.17. The fraction of sp³-hybridized carbons (Fsp3) is 0.227. The lowest BCUT2D eigenvalue weighted by molar-refractivity contribution is -0.120. The second-order valence-corrected chi connectivity index (χ2v) is 7.61. The van der Waals surface area contributed by atoms with Crippen LogP contribution in [0.1, 0.15) is 21.6 Å². The average Bonchev–Trinajstić information content (AvgIpc) is 3.42. The number of methoxy groups -OCH3 is 1. The van der Waals surface area contributed by atoms with Crippen LogP contribution in [0.2, 0.25) is 0 Å². The number of hydrogen-bond donors (Lipinski definition) is 2. The molecule has 1 aliphatic rings. The van der Waals surface area contributed by atoms with E-state index < -0.39 is 0 Å². The smallest absolute Gasteiger partial charge is 0.257 e. The van der Waals surface area contributed by atoms with Crippen LogP contribution in [0, 0.1) is 0 Å². The van der Waals surface area contributed by atoms with Crippen molar-refractivity contribution in [1.82, 2.24) is 10.3 Å². The molecular formula is C22H21N3O5S. The molecule has 31 heavy (non-hydrogen) atoms. The molecule has 3 aromatic rings. The van der Waals surface area contributed by atoms with Gasteiger partial charge in [-0.05, 0) is 36.2 Å². The predicted octanol–water partition coefficient (Wildman–Crippen LogP) is 3.03. The standard InChI is InChI=1S/C22H21N3O5S/c1-28-17-5-3-2-4-14(17)8-9-23-20(26)11-16-12-31-22(24-16)25-21(27)15-6-7-18-19(10-15)30-13-29-18/h2-7,10,12H,8-9,11,13H2,1H3,(H,23,26)(H,24,25,27). The van der Waals surface area contributed by atoms with E-state index in [0.717, 1.165) is 11.3 Å². The zero-order valence-electron chi connectivity index (χ0n) is 16.8. The Morgan fingerprint density at radius 2 is 2.00 bits per heavy atom. The molecule has 4 rings (SSSR count). The van der Waals surface area contributed by atoms with Gasteiger partial charge in [0, 0.05) is 17.5 Å². The molecular weight excluding hydrogens is 418 g/mol. The number of ether oxygens (including phenoxy) is 3. The Labute approximate surface area is 183 Å². The van der Waals surface area contributed by atoms with E-state index >= 15 is 0 Å². The first kappa shape index (κ1) is 20.7. The lowest BCUT2D eigenvalue weighted by atomic mass is 10.1. The van der Waals surface area contributed by atoms with Crippen LogP contribution < -0.4 is 24.8 Å². The number of fused-ring (bicyclic) bond motifs is 1. The molecule has 9 heteroatoms. The zero-order chi connectivity index (χ0) is 21.6. The zero-order valence-corrected chi connectivity index (χ0v) is 17.7. The topological polar surface area (TPSA) is 98.8 Å². The second kappa shape index (κ2) is 9.48. The van der Waals surface area contributed by atoms with Crippen molar-refractivity contribution in [2.24, 2.45) is 0 Å². The number of benzene rings is 2. The molecule has 0 atom stereocenters. The van der Waals surface area contributed by atoms with E-state index in [-0.39, 0.29) is 25.0 Å². The number of anilines is 1. The van der Waals surface area contributed by atoms with Crippen LogP contribution in [0.3, 0.4) is 0 Å². The third kappa shape index (κ3) is 5.13. The van der Waals surface area contributed by atoms with Gasteiger partial charge in [0.2, 0.25) is 12.7 Å². The number of amides is 2. The summed E-state index contributed by atoms with van der Waals surface area (Å²) in [6, 6.07) is 12.7. The van der Waals surface area contributed by atoms with Gasteiger partial charge in [-0.3, -0.25) is 14.9 Å². The normalized spacial score (nSPS) is 11.8. The first-order valence-electron chi connectivity index (χ1n) is 9.66. The number of carbonyl (C=O) groups excluding carboxylic acids is 2. The molecule has 0 bridgehead atoms. The van der Waals surface area contributed by atoms with E-state index in [1.54, 1.807) is 30.7 Å². The molecule has 0 aliphatic carbocycles. The van der Waals surface area contributed by atoms with Gasteiger partial charge in [-0.2, -0.15) is 0 Å². The van der Waals surface area contributed by atoms with Gasteiger partial charge in [-0.25, -0.2) is 4.98 Å². The van der Waals surface area contributed by atoms with Crippen LogP contribution in [0.25, 0.3) is 0 Å². The van der Waals surface area contributed by atoms with E-state index in [4.69, 9.17) is 14.2 Å². The molecule has 2 heterocycles. The summed E-state index contributed by atoms with van der Waals surface area (Å²) >= 11 is 1.27. The Bertz CT molecular complexity index is 1100. The molecule has 2 N–H and O–H groups in total. The summed E-state index contributed by atoms with van der Waals surface area (Å²) in [6.45, 7) is 0.647. The summed E-state index contributed by atoms with van der Waals surface area (Å²) in [6.07, 6.45) is 0.811.